The van der Waals surface area contributed by atoms with Crippen molar-refractivity contribution in [3.63, 3.8) is 0 Å². The van der Waals surface area contributed by atoms with Crippen LogP contribution in [-0.4, -0.2) is 5.72 Å². The Balaban J connectivity index is 1.86. The second-order valence-electron chi connectivity index (χ2n) is 5.64. The van der Waals surface area contributed by atoms with Crippen LogP contribution in [0.3, 0.4) is 0 Å². The van der Waals surface area contributed by atoms with Crippen molar-refractivity contribution < 1.29 is 4.74 Å². The molecule has 0 bridgehead atoms. The Kier molecular flexibility index (Phi) is 2.25. The van der Waals surface area contributed by atoms with E-state index >= 15 is 0 Å². The maximum absolute atomic E-state index is 6.41. The molecule has 2 aromatic carbocycles. The molecule has 2 heteroatoms. The van der Waals surface area contributed by atoms with Crippen LogP contribution in [-0.2, 0) is 0 Å². The van der Waals surface area contributed by atoms with Crippen molar-refractivity contribution >= 4 is 11.8 Å². The molecule has 2 aliphatic rings. The van der Waals surface area contributed by atoms with Gasteiger partial charge in [0.1, 0.15) is 5.75 Å². The average molecular weight is 263 g/mol. The number of anilines is 1. The van der Waals surface area contributed by atoms with Crippen LogP contribution < -0.4 is 10.1 Å². The van der Waals surface area contributed by atoms with Crippen molar-refractivity contribution in [3.05, 3.63) is 65.2 Å². The molecule has 100 valence electrons. The zero-order valence-corrected chi connectivity index (χ0v) is 11.7. The monoisotopic (exact) mass is 263 g/mol. The van der Waals surface area contributed by atoms with Crippen molar-refractivity contribution in [3.8, 4) is 5.75 Å². The van der Waals surface area contributed by atoms with Crippen LogP contribution in [0.4, 0.5) is 5.69 Å². The number of fused-ring (bicyclic) bond motifs is 2. The van der Waals surface area contributed by atoms with Gasteiger partial charge in [-0.05, 0) is 36.3 Å². The highest BCUT2D eigenvalue weighted by Gasteiger charge is 2.48. The smallest absolute Gasteiger partial charge is 0.209 e. The lowest BCUT2D eigenvalue weighted by Crippen LogP contribution is -2.47. The summed E-state index contributed by atoms with van der Waals surface area (Å²) >= 11 is 0. The molecule has 2 atom stereocenters. The van der Waals surface area contributed by atoms with Crippen molar-refractivity contribution in [2.45, 2.75) is 25.5 Å². The zero-order valence-electron chi connectivity index (χ0n) is 11.7. The molecule has 0 fully saturated rings. The van der Waals surface area contributed by atoms with E-state index in [0.717, 1.165) is 11.3 Å². The number of hydrogen-bond donors (Lipinski definition) is 1. The van der Waals surface area contributed by atoms with E-state index < -0.39 is 5.72 Å². The molecular weight excluding hydrogens is 246 g/mol. The minimum Gasteiger partial charge on any atom is -0.463 e. The van der Waals surface area contributed by atoms with Gasteiger partial charge in [-0.2, -0.15) is 0 Å². The van der Waals surface area contributed by atoms with Crippen LogP contribution in [0.1, 0.15) is 30.9 Å². The third kappa shape index (κ3) is 1.39. The van der Waals surface area contributed by atoms with Gasteiger partial charge in [-0.15, -0.1) is 0 Å². The highest BCUT2D eigenvalue weighted by Crippen LogP contribution is 2.49. The summed E-state index contributed by atoms with van der Waals surface area (Å²) in [5, 5.41) is 3.60. The Morgan fingerprint density at radius 3 is 2.65 bits per heavy atom. The summed E-state index contributed by atoms with van der Waals surface area (Å²) < 4.78 is 6.41. The molecule has 2 nitrogen and oxygen atoms in total. The lowest BCUT2D eigenvalue weighted by Gasteiger charge is -2.39. The molecule has 20 heavy (non-hydrogen) atoms. The van der Waals surface area contributed by atoms with Crippen LogP contribution >= 0.6 is 0 Å². The van der Waals surface area contributed by atoms with Crippen LogP contribution in [0.15, 0.2) is 54.1 Å². The molecule has 0 amide bonds. The third-order valence-corrected chi connectivity index (χ3v) is 4.51. The van der Waals surface area contributed by atoms with Crippen LogP contribution in [0.2, 0.25) is 0 Å². The largest absolute Gasteiger partial charge is 0.463 e. The molecule has 1 N–H and O–H groups in total. The van der Waals surface area contributed by atoms with Gasteiger partial charge < -0.3 is 10.1 Å². The predicted octanol–water partition coefficient (Wildman–Crippen LogP) is 4.41. The third-order valence-electron chi connectivity index (χ3n) is 4.51. The summed E-state index contributed by atoms with van der Waals surface area (Å²) in [6.45, 7) is 4.37. The Morgan fingerprint density at radius 2 is 1.80 bits per heavy atom. The van der Waals surface area contributed by atoms with Gasteiger partial charge in [-0.25, -0.2) is 0 Å². The number of ether oxygens (including phenoxy) is 1. The van der Waals surface area contributed by atoms with Gasteiger partial charge in [-0.1, -0.05) is 43.3 Å². The van der Waals surface area contributed by atoms with Crippen molar-refractivity contribution in [2.75, 3.05) is 5.32 Å². The molecule has 2 aliphatic heterocycles. The molecular formula is C18H17NO. The molecule has 0 radical (unpaired) electrons. The second kappa shape index (κ2) is 3.89. The molecule has 0 saturated carbocycles. The highest BCUT2D eigenvalue weighted by atomic mass is 16.5. The fourth-order valence-corrected chi connectivity index (χ4v) is 3.36. The number of hydrogen-bond acceptors (Lipinski definition) is 2. The average Bonchev–Trinajstić information content (AvgIpc) is 2.75. The summed E-state index contributed by atoms with van der Waals surface area (Å²) in [6, 6.07) is 16.7. The van der Waals surface area contributed by atoms with E-state index in [2.05, 4.69) is 55.6 Å². The van der Waals surface area contributed by atoms with Crippen LogP contribution in [0.5, 0.6) is 5.75 Å². The summed E-state index contributed by atoms with van der Waals surface area (Å²) in [6.07, 6.45) is 2.23. The molecule has 0 aliphatic carbocycles. The minimum atomic E-state index is -0.446. The molecule has 4 rings (SSSR count). The van der Waals surface area contributed by atoms with E-state index in [1.807, 2.05) is 18.2 Å². The fraction of sp³-hybridized carbons (Fsp3) is 0.222. The molecule has 0 aromatic heterocycles. The van der Waals surface area contributed by atoms with Gasteiger partial charge in [0.15, 0.2) is 0 Å². The van der Waals surface area contributed by atoms with Crippen LogP contribution in [0, 0.1) is 0 Å². The first-order valence-corrected chi connectivity index (χ1v) is 7.04. The van der Waals surface area contributed by atoms with E-state index in [1.165, 1.54) is 16.8 Å². The predicted molar refractivity (Wildman–Crippen MR) is 81.9 cm³/mol. The minimum absolute atomic E-state index is 0.281. The molecule has 2 unspecified atom stereocenters. The summed E-state index contributed by atoms with van der Waals surface area (Å²) in [7, 11) is 0. The van der Waals surface area contributed by atoms with Crippen molar-refractivity contribution in [2.24, 2.45) is 0 Å². The highest BCUT2D eigenvalue weighted by molar-refractivity contribution is 5.71. The summed E-state index contributed by atoms with van der Waals surface area (Å²) in [5.41, 5.74) is 4.42. The Labute approximate surface area is 119 Å². The number of rotatable bonds is 0. The second-order valence-corrected chi connectivity index (χ2v) is 5.64. The maximum atomic E-state index is 6.41. The molecule has 1 spiro atoms. The molecule has 2 aromatic rings. The number of nitrogens with one attached hydrogen (secondary N) is 1. The van der Waals surface area contributed by atoms with Gasteiger partial charge in [0.05, 0.1) is 0 Å². The zero-order chi connectivity index (χ0) is 13.7. The Hall–Kier alpha value is -2.22. The van der Waals surface area contributed by atoms with Gasteiger partial charge in [0, 0.05) is 17.2 Å². The van der Waals surface area contributed by atoms with Gasteiger partial charge in [0.2, 0.25) is 5.72 Å². The van der Waals surface area contributed by atoms with E-state index in [4.69, 9.17) is 4.74 Å². The Bertz CT molecular complexity index is 719. The molecule has 0 saturated heterocycles. The topological polar surface area (TPSA) is 21.3 Å². The van der Waals surface area contributed by atoms with E-state index in [9.17, 15) is 0 Å². The van der Waals surface area contributed by atoms with Gasteiger partial charge >= 0.3 is 0 Å². The first-order valence-electron chi connectivity index (χ1n) is 7.04. The SMILES string of the molecule is CC1=Cc2ccccc2OC12Nc1ccccc1C2C. The van der Waals surface area contributed by atoms with E-state index in [0.29, 0.717) is 0 Å². The van der Waals surface area contributed by atoms with Crippen molar-refractivity contribution in [1.29, 1.82) is 0 Å². The summed E-state index contributed by atoms with van der Waals surface area (Å²) in [5.74, 6) is 1.23. The normalized spacial score (nSPS) is 26.3. The standard InChI is InChI=1S/C18H17NO/c1-12-11-14-7-3-6-10-17(14)20-18(12)13(2)15-8-4-5-9-16(15)19-18/h3-11,13,19H,1-2H3. The lowest BCUT2D eigenvalue weighted by atomic mass is 9.86. The lowest BCUT2D eigenvalue weighted by molar-refractivity contribution is 0.117. The maximum Gasteiger partial charge on any atom is 0.209 e. The molecule has 2 heterocycles. The quantitative estimate of drug-likeness (QED) is 0.760. The van der Waals surface area contributed by atoms with E-state index in [1.54, 1.807) is 0 Å². The number of para-hydroxylation sites is 2. The fourth-order valence-electron chi connectivity index (χ4n) is 3.36. The van der Waals surface area contributed by atoms with Gasteiger partial charge in [0.25, 0.3) is 0 Å². The summed E-state index contributed by atoms with van der Waals surface area (Å²) in [4.78, 5) is 0. The van der Waals surface area contributed by atoms with Crippen LogP contribution in [0.25, 0.3) is 6.08 Å². The Morgan fingerprint density at radius 1 is 1.05 bits per heavy atom. The number of benzene rings is 2. The van der Waals surface area contributed by atoms with Crippen molar-refractivity contribution in [1.82, 2.24) is 0 Å². The first-order chi connectivity index (χ1) is 9.71. The van der Waals surface area contributed by atoms with E-state index in [-0.39, 0.29) is 5.92 Å². The van der Waals surface area contributed by atoms with Gasteiger partial charge in [-0.3, -0.25) is 0 Å². The first kappa shape index (κ1) is 11.6.